The Morgan fingerprint density at radius 1 is 1.50 bits per heavy atom. The first kappa shape index (κ1) is 13.5. The van der Waals surface area contributed by atoms with E-state index >= 15 is 0 Å². The molecule has 0 aromatic carbocycles. The molecule has 0 amide bonds. The van der Waals surface area contributed by atoms with Gasteiger partial charge in [-0.1, -0.05) is 5.16 Å². The molecule has 6 heteroatoms. The molecule has 1 aromatic heterocycles. The van der Waals surface area contributed by atoms with E-state index < -0.39 is 0 Å². The highest BCUT2D eigenvalue weighted by molar-refractivity contribution is 4.93. The lowest BCUT2D eigenvalue weighted by molar-refractivity contribution is 0.0104. The van der Waals surface area contributed by atoms with E-state index in [2.05, 4.69) is 10.1 Å². The number of hydrogen-bond donors (Lipinski definition) is 1. The predicted molar refractivity (Wildman–Crippen MR) is 65.0 cm³/mol. The highest BCUT2D eigenvalue weighted by atomic mass is 16.5. The third-order valence-corrected chi connectivity index (χ3v) is 3.12. The SMILES string of the molecule is COCC(N)c1noc(CCC2CCCCO2)n1. The zero-order chi connectivity index (χ0) is 12.8. The fraction of sp³-hybridized carbons (Fsp3) is 0.833. The van der Waals surface area contributed by atoms with Crippen molar-refractivity contribution in [1.82, 2.24) is 10.1 Å². The molecule has 0 radical (unpaired) electrons. The highest BCUT2D eigenvalue weighted by Crippen LogP contribution is 2.17. The molecule has 2 unspecified atom stereocenters. The Kier molecular flexibility index (Phi) is 5.10. The van der Waals surface area contributed by atoms with Gasteiger partial charge in [0.2, 0.25) is 5.89 Å². The van der Waals surface area contributed by atoms with Crippen LogP contribution in [0.5, 0.6) is 0 Å². The first-order valence-electron chi connectivity index (χ1n) is 6.48. The number of methoxy groups -OCH3 is 1. The van der Waals surface area contributed by atoms with Gasteiger partial charge in [0, 0.05) is 20.1 Å². The second-order valence-corrected chi connectivity index (χ2v) is 4.64. The van der Waals surface area contributed by atoms with Crippen LogP contribution in [0.4, 0.5) is 0 Å². The van der Waals surface area contributed by atoms with Gasteiger partial charge in [-0.3, -0.25) is 0 Å². The second-order valence-electron chi connectivity index (χ2n) is 4.64. The molecule has 1 saturated heterocycles. The number of ether oxygens (including phenoxy) is 2. The smallest absolute Gasteiger partial charge is 0.226 e. The molecular weight excluding hydrogens is 234 g/mol. The maximum absolute atomic E-state index is 5.82. The normalized spacial score (nSPS) is 22.0. The van der Waals surface area contributed by atoms with Gasteiger partial charge in [0.05, 0.1) is 18.8 Å². The van der Waals surface area contributed by atoms with E-state index in [0.717, 1.165) is 25.9 Å². The number of aryl methyl sites for hydroxylation is 1. The topological polar surface area (TPSA) is 83.4 Å². The molecule has 1 aromatic rings. The van der Waals surface area contributed by atoms with E-state index in [1.165, 1.54) is 12.8 Å². The standard InChI is InChI=1S/C12H21N3O3/c1-16-8-10(13)12-14-11(18-15-12)6-5-9-4-2-3-7-17-9/h9-10H,2-8,13H2,1H3. The Morgan fingerprint density at radius 3 is 3.11 bits per heavy atom. The summed E-state index contributed by atoms with van der Waals surface area (Å²) in [5.41, 5.74) is 5.82. The summed E-state index contributed by atoms with van der Waals surface area (Å²) in [6, 6.07) is -0.321. The maximum atomic E-state index is 5.82. The van der Waals surface area contributed by atoms with Gasteiger partial charge in [-0.15, -0.1) is 0 Å². The molecule has 0 aliphatic carbocycles. The van der Waals surface area contributed by atoms with Crippen LogP contribution in [-0.4, -0.2) is 36.6 Å². The number of nitrogens with two attached hydrogens (primary N) is 1. The zero-order valence-electron chi connectivity index (χ0n) is 10.8. The molecule has 102 valence electrons. The summed E-state index contributed by atoms with van der Waals surface area (Å²) in [6.45, 7) is 1.27. The van der Waals surface area contributed by atoms with Crippen molar-refractivity contribution in [3.63, 3.8) is 0 Å². The van der Waals surface area contributed by atoms with Crippen LogP contribution in [0.1, 0.15) is 43.4 Å². The van der Waals surface area contributed by atoms with Crippen molar-refractivity contribution in [1.29, 1.82) is 0 Å². The molecule has 2 rings (SSSR count). The van der Waals surface area contributed by atoms with Crippen LogP contribution in [-0.2, 0) is 15.9 Å². The van der Waals surface area contributed by atoms with E-state index in [1.807, 2.05) is 0 Å². The summed E-state index contributed by atoms with van der Waals surface area (Å²) in [7, 11) is 1.60. The van der Waals surface area contributed by atoms with Crippen LogP contribution < -0.4 is 5.73 Å². The van der Waals surface area contributed by atoms with Crippen LogP contribution in [0.3, 0.4) is 0 Å². The van der Waals surface area contributed by atoms with Crippen LogP contribution in [0.2, 0.25) is 0 Å². The van der Waals surface area contributed by atoms with E-state index in [4.69, 9.17) is 19.7 Å². The number of rotatable bonds is 6. The van der Waals surface area contributed by atoms with Gasteiger partial charge < -0.3 is 19.7 Å². The molecule has 0 saturated carbocycles. The van der Waals surface area contributed by atoms with Crippen molar-refractivity contribution < 1.29 is 14.0 Å². The first-order valence-corrected chi connectivity index (χ1v) is 6.48. The monoisotopic (exact) mass is 255 g/mol. The lowest BCUT2D eigenvalue weighted by atomic mass is 10.0. The Hall–Kier alpha value is -0.980. The fourth-order valence-electron chi connectivity index (χ4n) is 2.09. The third-order valence-electron chi connectivity index (χ3n) is 3.12. The van der Waals surface area contributed by atoms with Crippen molar-refractivity contribution in [2.45, 2.75) is 44.2 Å². The molecule has 18 heavy (non-hydrogen) atoms. The van der Waals surface area contributed by atoms with E-state index in [9.17, 15) is 0 Å². The van der Waals surface area contributed by atoms with Crippen molar-refractivity contribution in [3.8, 4) is 0 Å². The summed E-state index contributed by atoms with van der Waals surface area (Å²) in [5, 5.41) is 3.87. The molecule has 2 heterocycles. The summed E-state index contributed by atoms with van der Waals surface area (Å²) in [6.07, 6.45) is 5.57. The average molecular weight is 255 g/mol. The predicted octanol–water partition coefficient (Wildman–Crippen LogP) is 1.22. The zero-order valence-corrected chi connectivity index (χ0v) is 10.8. The van der Waals surface area contributed by atoms with Gasteiger partial charge in [-0.05, 0) is 25.7 Å². The third kappa shape index (κ3) is 3.76. The summed E-state index contributed by atoms with van der Waals surface area (Å²) in [5.74, 6) is 1.14. The fourth-order valence-corrected chi connectivity index (χ4v) is 2.09. The number of hydrogen-bond acceptors (Lipinski definition) is 6. The van der Waals surface area contributed by atoms with Gasteiger partial charge in [0.25, 0.3) is 0 Å². The summed E-state index contributed by atoms with van der Waals surface area (Å²) < 4.78 is 15.8. The van der Waals surface area contributed by atoms with E-state index in [-0.39, 0.29) is 6.04 Å². The Bertz CT molecular complexity index is 350. The molecule has 1 aliphatic rings. The summed E-state index contributed by atoms with van der Waals surface area (Å²) in [4.78, 5) is 4.27. The molecule has 6 nitrogen and oxygen atoms in total. The maximum Gasteiger partial charge on any atom is 0.226 e. The number of nitrogens with zero attached hydrogens (tertiary/aromatic N) is 2. The van der Waals surface area contributed by atoms with Crippen LogP contribution in [0.15, 0.2) is 4.52 Å². The van der Waals surface area contributed by atoms with Gasteiger partial charge in [0.1, 0.15) is 0 Å². The quantitative estimate of drug-likeness (QED) is 0.822. The van der Waals surface area contributed by atoms with Crippen molar-refractivity contribution in [3.05, 3.63) is 11.7 Å². The van der Waals surface area contributed by atoms with Crippen molar-refractivity contribution in [2.24, 2.45) is 5.73 Å². The molecule has 2 N–H and O–H groups in total. The van der Waals surface area contributed by atoms with Gasteiger partial charge in [-0.25, -0.2) is 0 Å². The van der Waals surface area contributed by atoms with E-state index in [0.29, 0.717) is 24.4 Å². The molecule has 0 spiro atoms. The first-order chi connectivity index (χ1) is 8.79. The Morgan fingerprint density at radius 2 is 2.39 bits per heavy atom. The average Bonchev–Trinajstić information content (AvgIpc) is 2.87. The Balaban J connectivity index is 1.79. The molecule has 1 aliphatic heterocycles. The molecular formula is C12H21N3O3. The molecule has 0 bridgehead atoms. The second kappa shape index (κ2) is 6.82. The minimum Gasteiger partial charge on any atom is -0.383 e. The minimum absolute atomic E-state index is 0.321. The van der Waals surface area contributed by atoms with E-state index in [1.54, 1.807) is 7.11 Å². The van der Waals surface area contributed by atoms with Gasteiger partial charge in [0.15, 0.2) is 5.82 Å². The summed E-state index contributed by atoms with van der Waals surface area (Å²) >= 11 is 0. The highest BCUT2D eigenvalue weighted by Gasteiger charge is 2.17. The lowest BCUT2D eigenvalue weighted by Crippen LogP contribution is -2.19. The largest absolute Gasteiger partial charge is 0.383 e. The number of aromatic nitrogens is 2. The van der Waals surface area contributed by atoms with Crippen molar-refractivity contribution >= 4 is 0 Å². The van der Waals surface area contributed by atoms with Gasteiger partial charge >= 0.3 is 0 Å². The lowest BCUT2D eigenvalue weighted by Gasteiger charge is -2.21. The van der Waals surface area contributed by atoms with Gasteiger partial charge in [-0.2, -0.15) is 4.98 Å². The Labute approximate surface area is 107 Å². The van der Waals surface area contributed by atoms with Crippen LogP contribution >= 0.6 is 0 Å². The van der Waals surface area contributed by atoms with Crippen LogP contribution in [0.25, 0.3) is 0 Å². The minimum atomic E-state index is -0.321. The van der Waals surface area contributed by atoms with Crippen LogP contribution in [0, 0.1) is 0 Å². The molecule has 1 fully saturated rings. The van der Waals surface area contributed by atoms with Crippen molar-refractivity contribution in [2.75, 3.05) is 20.3 Å². The molecule has 2 atom stereocenters.